The lowest BCUT2D eigenvalue weighted by molar-refractivity contribution is 0.613. The van der Waals surface area contributed by atoms with E-state index in [-0.39, 0.29) is 10.8 Å². The summed E-state index contributed by atoms with van der Waals surface area (Å²) in [7, 11) is 0. The highest BCUT2D eigenvalue weighted by molar-refractivity contribution is 7.80. The van der Waals surface area contributed by atoms with Crippen LogP contribution in [0.1, 0.15) is 32.3 Å². The first kappa shape index (κ1) is 13.9. The first-order valence-corrected chi connectivity index (χ1v) is 6.35. The Morgan fingerprint density at radius 3 is 2.29 bits per heavy atom. The molecule has 0 aliphatic carbocycles. The van der Waals surface area contributed by atoms with Crippen molar-refractivity contribution in [2.45, 2.75) is 26.7 Å². The molecule has 1 aromatic carbocycles. The molecule has 0 radical (unpaired) electrons. The fraction of sp³-hybridized carbons (Fsp3) is 0.462. The van der Waals surface area contributed by atoms with Gasteiger partial charge in [-0.15, -0.1) is 0 Å². The number of nitrogens with zero attached hydrogens (tertiary/aromatic N) is 1. The molecule has 17 heavy (non-hydrogen) atoms. The number of benzene rings is 1. The maximum absolute atomic E-state index is 14.0. The summed E-state index contributed by atoms with van der Waals surface area (Å²) < 4.78 is 14.0. The Bertz CT molecular complexity index is 387. The third kappa shape index (κ3) is 3.66. The van der Waals surface area contributed by atoms with Crippen LogP contribution in [0.25, 0.3) is 0 Å². The lowest BCUT2D eigenvalue weighted by atomic mass is 10.1. The van der Waals surface area contributed by atoms with Crippen molar-refractivity contribution >= 4 is 22.9 Å². The predicted molar refractivity (Wildman–Crippen MR) is 75.1 cm³/mol. The molecule has 0 aliphatic rings. The molecule has 1 aromatic rings. The molecule has 0 heterocycles. The summed E-state index contributed by atoms with van der Waals surface area (Å²) in [6.45, 7) is 5.89. The van der Waals surface area contributed by atoms with Crippen molar-refractivity contribution in [2.24, 2.45) is 5.73 Å². The van der Waals surface area contributed by atoms with Crippen LogP contribution < -0.4 is 10.6 Å². The van der Waals surface area contributed by atoms with Crippen LogP contribution in [-0.2, 0) is 0 Å². The van der Waals surface area contributed by atoms with Crippen LogP contribution >= 0.6 is 12.2 Å². The van der Waals surface area contributed by atoms with Gasteiger partial charge in [-0.2, -0.15) is 0 Å². The van der Waals surface area contributed by atoms with Gasteiger partial charge in [-0.05, 0) is 31.0 Å². The van der Waals surface area contributed by atoms with Gasteiger partial charge in [0.2, 0.25) is 0 Å². The van der Waals surface area contributed by atoms with Crippen LogP contribution in [0.2, 0.25) is 0 Å². The van der Waals surface area contributed by atoms with E-state index in [1.807, 2.05) is 0 Å². The first-order chi connectivity index (χ1) is 8.10. The number of hydrogen-bond acceptors (Lipinski definition) is 2. The summed E-state index contributed by atoms with van der Waals surface area (Å²) in [4.78, 5) is 2.28. The maximum atomic E-state index is 14.0. The van der Waals surface area contributed by atoms with E-state index in [2.05, 4.69) is 18.7 Å². The van der Waals surface area contributed by atoms with Crippen molar-refractivity contribution < 1.29 is 4.39 Å². The van der Waals surface area contributed by atoms with Crippen molar-refractivity contribution in [1.29, 1.82) is 0 Å². The van der Waals surface area contributed by atoms with Crippen LogP contribution in [0.15, 0.2) is 18.2 Å². The predicted octanol–water partition coefficient (Wildman–Crippen LogP) is 3.09. The topological polar surface area (TPSA) is 29.3 Å². The summed E-state index contributed by atoms with van der Waals surface area (Å²) >= 11 is 4.83. The third-order valence-electron chi connectivity index (χ3n) is 2.56. The van der Waals surface area contributed by atoms with Crippen molar-refractivity contribution in [2.75, 3.05) is 18.0 Å². The zero-order valence-electron chi connectivity index (χ0n) is 10.4. The van der Waals surface area contributed by atoms with Gasteiger partial charge in [0.25, 0.3) is 0 Å². The van der Waals surface area contributed by atoms with Gasteiger partial charge in [-0.25, -0.2) is 4.39 Å². The molecule has 0 spiro atoms. The van der Waals surface area contributed by atoms with Gasteiger partial charge in [0.15, 0.2) is 0 Å². The highest BCUT2D eigenvalue weighted by Gasteiger charge is 2.11. The molecule has 2 nitrogen and oxygen atoms in total. The van der Waals surface area contributed by atoms with E-state index in [4.69, 9.17) is 18.0 Å². The molecule has 1 rings (SSSR count). The van der Waals surface area contributed by atoms with Gasteiger partial charge in [0, 0.05) is 18.7 Å². The molecule has 2 N–H and O–H groups in total. The van der Waals surface area contributed by atoms with Crippen molar-refractivity contribution in [3.8, 4) is 0 Å². The summed E-state index contributed by atoms with van der Waals surface area (Å²) in [6, 6.07) is 4.95. The van der Waals surface area contributed by atoms with Gasteiger partial charge >= 0.3 is 0 Å². The minimum atomic E-state index is -0.253. The third-order valence-corrected chi connectivity index (χ3v) is 2.80. The Labute approximate surface area is 108 Å². The van der Waals surface area contributed by atoms with Gasteiger partial charge < -0.3 is 10.6 Å². The largest absolute Gasteiger partial charge is 0.389 e. The Morgan fingerprint density at radius 2 is 1.88 bits per heavy atom. The Kier molecular flexibility index (Phi) is 5.35. The molecule has 0 saturated heterocycles. The zero-order valence-corrected chi connectivity index (χ0v) is 11.2. The van der Waals surface area contributed by atoms with Gasteiger partial charge in [-0.3, -0.25) is 0 Å². The van der Waals surface area contributed by atoms with Crippen LogP contribution in [0.3, 0.4) is 0 Å². The van der Waals surface area contributed by atoms with Crippen LogP contribution in [0.5, 0.6) is 0 Å². The zero-order chi connectivity index (χ0) is 12.8. The first-order valence-electron chi connectivity index (χ1n) is 5.94. The SMILES string of the molecule is CCCN(CCC)c1ccc(C(N)=S)cc1F. The second kappa shape index (κ2) is 6.55. The molecule has 0 aromatic heterocycles. The van der Waals surface area contributed by atoms with Crippen LogP contribution in [-0.4, -0.2) is 18.1 Å². The lowest BCUT2D eigenvalue weighted by Crippen LogP contribution is -2.26. The molecule has 94 valence electrons. The fourth-order valence-electron chi connectivity index (χ4n) is 1.81. The molecule has 0 fully saturated rings. The summed E-state index contributed by atoms with van der Waals surface area (Å²) in [5.74, 6) is -0.253. The number of thiocarbonyl (C=S) groups is 1. The fourth-order valence-corrected chi connectivity index (χ4v) is 1.94. The van der Waals surface area contributed by atoms with Gasteiger partial charge in [0.05, 0.1) is 5.69 Å². The van der Waals surface area contributed by atoms with Crippen molar-refractivity contribution in [1.82, 2.24) is 0 Å². The van der Waals surface area contributed by atoms with Gasteiger partial charge in [-0.1, -0.05) is 26.1 Å². The molecule has 4 heteroatoms. The number of hydrogen-bond donors (Lipinski definition) is 1. The van der Waals surface area contributed by atoms with Gasteiger partial charge in [0.1, 0.15) is 10.8 Å². The molecule has 0 atom stereocenters. The number of anilines is 1. The van der Waals surface area contributed by atoms with Crippen molar-refractivity contribution in [3.05, 3.63) is 29.6 Å². The highest BCUT2D eigenvalue weighted by atomic mass is 32.1. The van der Waals surface area contributed by atoms with Crippen LogP contribution in [0, 0.1) is 5.82 Å². The van der Waals surface area contributed by atoms with E-state index in [9.17, 15) is 4.39 Å². The average Bonchev–Trinajstić information content (AvgIpc) is 2.28. The summed E-state index contributed by atoms with van der Waals surface area (Å²) in [5, 5.41) is 0. The van der Waals surface area contributed by atoms with E-state index in [0.717, 1.165) is 25.9 Å². The highest BCUT2D eigenvalue weighted by Crippen LogP contribution is 2.21. The number of rotatable bonds is 6. The second-order valence-electron chi connectivity index (χ2n) is 4.02. The smallest absolute Gasteiger partial charge is 0.147 e. The molecule has 0 unspecified atom stereocenters. The Balaban J connectivity index is 2.99. The maximum Gasteiger partial charge on any atom is 0.147 e. The van der Waals surface area contributed by atoms with Crippen LogP contribution in [0.4, 0.5) is 10.1 Å². The molecule has 0 saturated carbocycles. The monoisotopic (exact) mass is 254 g/mol. The minimum Gasteiger partial charge on any atom is -0.389 e. The summed E-state index contributed by atoms with van der Waals surface area (Å²) in [6.07, 6.45) is 1.99. The molecule has 0 bridgehead atoms. The minimum absolute atomic E-state index is 0.230. The van der Waals surface area contributed by atoms with Crippen molar-refractivity contribution in [3.63, 3.8) is 0 Å². The van der Waals surface area contributed by atoms with E-state index >= 15 is 0 Å². The van der Waals surface area contributed by atoms with E-state index in [1.165, 1.54) is 6.07 Å². The normalized spacial score (nSPS) is 10.3. The Morgan fingerprint density at radius 1 is 1.29 bits per heavy atom. The standard InChI is InChI=1S/C13H19FN2S/c1-3-7-16(8-4-2)12-6-5-10(13(15)17)9-11(12)14/h5-6,9H,3-4,7-8H2,1-2H3,(H2,15,17). The van der Waals surface area contributed by atoms with E-state index < -0.39 is 0 Å². The average molecular weight is 254 g/mol. The molecule has 0 aliphatic heterocycles. The summed E-state index contributed by atoms with van der Waals surface area (Å²) in [5.41, 5.74) is 6.69. The van der Waals surface area contributed by atoms with E-state index in [1.54, 1.807) is 12.1 Å². The van der Waals surface area contributed by atoms with E-state index in [0.29, 0.717) is 11.3 Å². The number of halogens is 1. The molecular weight excluding hydrogens is 235 g/mol. The Hall–Kier alpha value is -1.16. The second-order valence-corrected chi connectivity index (χ2v) is 4.46. The molecular formula is C13H19FN2S. The lowest BCUT2D eigenvalue weighted by Gasteiger charge is -2.24. The quantitative estimate of drug-likeness (QED) is 0.791. The number of nitrogens with two attached hydrogens (primary N) is 1. The molecule has 0 amide bonds.